The summed E-state index contributed by atoms with van der Waals surface area (Å²) in [5.41, 5.74) is 1.27. The first-order chi connectivity index (χ1) is 13.7. The minimum Gasteiger partial charge on any atom is -0.340 e. The standard InChI is InChI=1S/C23H30N4O/c1-25-12-11-24-22(25)21(17-7-3-2-4-8-17)26-13-15-27(16-14-26)23(28)20-18-9-5-6-10-19(18)20/h2-4,7-8,11-12,18-21H,5-6,9-10,13-16H2,1H3/t18-,19+,20?,21-/m0/s1. The van der Waals surface area contributed by atoms with Gasteiger partial charge in [0.2, 0.25) is 5.91 Å². The average molecular weight is 379 g/mol. The Kier molecular flexibility index (Phi) is 4.71. The molecule has 0 radical (unpaired) electrons. The second-order valence-corrected chi connectivity index (χ2v) is 8.71. The molecule has 1 amide bonds. The summed E-state index contributed by atoms with van der Waals surface area (Å²) >= 11 is 0. The van der Waals surface area contributed by atoms with Crippen molar-refractivity contribution in [2.75, 3.05) is 26.2 Å². The summed E-state index contributed by atoms with van der Waals surface area (Å²) in [5, 5.41) is 0. The van der Waals surface area contributed by atoms with E-state index in [1.54, 1.807) is 0 Å². The molecule has 3 aliphatic rings. The van der Waals surface area contributed by atoms with Crippen LogP contribution in [-0.2, 0) is 11.8 Å². The van der Waals surface area contributed by atoms with Crippen LogP contribution in [0.15, 0.2) is 42.7 Å². The van der Waals surface area contributed by atoms with Crippen LogP contribution in [-0.4, -0.2) is 51.4 Å². The zero-order chi connectivity index (χ0) is 19.1. The maximum Gasteiger partial charge on any atom is 0.226 e. The van der Waals surface area contributed by atoms with Gasteiger partial charge in [-0.05, 0) is 30.2 Å². The van der Waals surface area contributed by atoms with E-state index in [1.165, 1.54) is 31.2 Å². The number of amides is 1. The molecule has 0 N–H and O–H groups in total. The second-order valence-electron chi connectivity index (χ2n) is 8.71. The minimum atomic E-state index is 0.141. The lowest BCUT2D eigenvalue weighted by Gasteiger charge is -2.39. The second kappa shape index (κ2) is 7.36. The number of piperazine rings is 1. The van der Waals surface area contributed by atoms with Gasteiger partial charge in [0.1, 0.15) is 5.82 Å². The van der Waals surface area contributed by atoms with Gasteiger partial charge in [0.15, 0.2) is 0 Å². The van der Waals surface area contributed by atoms with Gasteiger partial charge in [0, 0.05) is 51.5 Å². The lowest BCUT2D eigenvalue weighted by atomic mass is 10.0. The Bertz CT molecular complexity index is 812. The summed E-state index contributed by atoms with van der Waals surface area (Å²) in [4.78, 5) is 22.3. The lowest BCUT2D eigenvalue weighted by molar-refractivity contribution is -0.135. The Hall–Kier alpha value is -2.14. The third kappa shape index (κ3) is 3.16. The van der Waals surface area contributed by atoms with E-state index < -0.39 is 0 Å². The van der Waals surface area contributed by atoms with Crippen molar-refractivity contribution in [1.29, 1.82) is 0 Å². The summed E-state index contributed by atoms with van der Waals surface area (Å²) < 4.78 is 2.12. The largest absolute Gasteiger partial charge is 0.340 e. The Morgan fingerprint density at radius 1 is 1.04 bits per heavy atom. The number of imidazole rings is 1. The molecule has 1 aromatic carbocycles. The van der Waals surface area contributed by atoms with Gasteiger partial charge < -0.3 is 9.47 Å². The van der Waals surface area contributed by atoms with Crippen LogP contribution < -0.4 is 0 Å². The van der Waals surface area contributed by atoms with Gasteiger partial charge in [-0.3, -0.25) is 9.69 Å². The third-order valence-electron chi connectivity index (χ3n) is 7.15. The highest BCUT2D eigenvalue weighted by molar-refractivity contribution is 5.82. The number of hydrogen-bond acceptors (Lipinski definition) is 3. The monoisotopic (exact) mass is 378 g/mol. The maximum absolute atomic E-state index is 13.0. The van der Waals surface area contributed by atoms with Crippen LogP contribution in [0.5, 0.6) is 0 Å². The van der Waals surface area contributed by atoms with Crippen LogP contribution in [0.2, 0.25) is 0 Å². The van der Waals surface area contributed by atoms with Crippen molar-refractivity contribution in [1.82, 2.24) is 19.4 Å². The summed E-state index contributed by atoms with van der Waals surface area (Å²) in [6.07, 6.45) is 9.08. The summed E-state index contributed by atoms with van der Waals surface area (Å²) in [5.74, 6) is 3.24. The predicted molar refractivity (Wildman–Crippen MR) is 109 cm³/mol. The predicted octanol–water partition coefficient (Wildman–Crippen LogP) is 3.09. The molecule has 2 aromatic rings. The molecule has 2 heterocycles. The Balaban J connectivity index is 1.29. The number of carbonyl (C=O) groups excluding carboxylic acids is 1. The molecule has 5 heteroatoms. The lowest BCUT2D eigenvalue weighted by Crippen LogP contribution is -2.50. The molecule has 1 aromatic heterocycles. The average Bonchev–Trinajstić information content (AvgIpc) is 3.34. The van der Waals surface area contributed by atoms with E-state index >= 15 is 0 Å². The van der Waals surface area contributed by atoms with Crippen molar-refractivity contribution in [2.24, 2.45) is 24.8 Å². The van der Waals surface area contributed by atoms with E-state index in [4.69, 9.17) is 0 Å². The SMILES string of the molecule is Cn1ccnc1[C@H](c1ccccc1)N1CCN(C(=O)C2[C@H]3CCCC[C@@H]23)CC1. The number of aryl methyl sites for hydroxylation is 1. The van der Waals surface area contributed by atoms with E-state index in [2.05, 4.69) is 56.7 Å². The third-order valence-corrected chi connectivity index (χ3v) is 7.15. The van der Waals surface area contributed by atoms with Gasteiger partial charge in [-0.1, -0.05) is 43.2 Å². The Morgan fingerprint density at radius 2 is 1.71 bits per heavy atom. The highest BCUT2D eigenvalue weighted by Crippen LogP contribution is 2.56. The van der Waals surface area contributed by atoms with Gasteiger partial charge in [-0.2, -0.15) is 0 Å². The molecular weight excluding hydrogens is 348 g/mol. The summed E-state index contributed by atoms with van der Waals surface area (Å²) in [6, 6.07) is 10.8. The molecule has 1 unspecified atom stereocenters. The summed E-state index contributed by atoms with van der Waals surface area (Å²) in [6.45, 7) is 3.48. The molecule has 1 aliphatic heterocycles. The number of fused-ring (bicyclic) bond motifs is 1. The summed E-state index contributed by atoms with van der Waals surface area (Å²) in [7, 11) is 2.06. The molecule has 2 aliphatic carbocycles. The number of benzene rings is 1. The molecule has 0 bridgehead atoms. The molecule has 3 fully saturated rings. The van der Waals surface area contributed by atoms with Crippen LogP contribution in [0.3, 0.4) is 0 Å². The molecular formula is C23H30N4O. The molecule has 1 saturated heterocycles. The number of nitrogens with zero attached hydrogens (tertiary/aromatic N) is 4. The fourth-order valence-electron chi connectivity index (χ4n) is 5.57. The number of aromatic nitrogens is 2. The highest BCUT2D eigenvalue weighted by atomic mass is 16.2. The van der Waals surface area contributed by atoms with Gasteiger partial charge in [0.25, 0.3) is 0 Å². The van der Waals surface area contributed by atoms with Gasteiger partial charge in [0.05, 0.1) is 6.04 Å². The van der Waals surface area contributed by atoms with Crippen LogP contribution in [0, 0.1) is 17.8 Å². The Morgan fingerprint density at radius 3 is 2.32 bits per heavy atom. The van der Waals surface area contributed by atoms with Crippen LogP contribution in [0.1, 0.15) is 43.1 Å². The van der Waals surface area contributed by atoms with Crippen molar-refractivity contribution < 1.29 is 4.79 Å². The minimum absolute atomic E-state index is 0.141. The van der Waals surface area contributed by atoms with Gasteiger partial charge >= 0.3 is 0 Å². The maximum atomic E-state index is 13.0. The van der Waals surface area contributed by atoms with E-state index in [9.17, 15) is 4.79 Å². The van der Waals surface area contributed by atoms with Gasteiger partial charge in [-0.25, -0.2) is 4.98 Å². The molecule has 28 heavy (non-hydrogen) atoms. The fourth-order valence-corrected chi connectivity index (χ4v) is 5.57. The molecule has 148 valence electrons. The normalized spacial score (nSPS) is 28.6. The zero-order valence-electron chi connectivity index (χ0n) is 16.7. The van der Waals surface area contributed by atoms with Crippen LogP contribution in [0.25, 0.3) is 0 Å². The number of rotatable bonds is 4. The molecule has 0 spiro atoms. The zero-order valence-corrected chi connectivity index (χ0v) is 16.7. The van der Waals surface area contributed by atoms with E-state index in [0.29, 0.717) is 23.7 Å². The molecule has 2 saturated carbocycles. The quantitative estimate of drug-likeness (QED) is 0.821. The number of carbonyl (C=O) groups is 1. The topological polar surface area (TPSA) is 41.4 Å². The van der Waals surface area contributed by atoms with E-state index in [1.807, 2.05) is 12.4 Å². The van der Waals surface area contributed by atoms with Crippen LogP contribution in [0.4, 0.5) is 0 Å². The first-order valence-electron chi connectivity index (χ1n) is 10.8. The highest BCUT2D eigenvalue weighted by Gasteiger charge is 2.55. The van der Waals surface area contributed by atoms with Crippen molar-refractivity contribution >= 4 is 5.91 Å². The first kappa shape index (κ1) is 17.9. The molecule has 5 rings (SSSR count). The Labute approximate surface area is 167 Å². The van der Waals surface area contributed by atoms with Crippen molar-refractivity contribution in [2.45, 2.75) is 31.7 Å². The molecule has 4 atom stereocenters. The molecule has 5 nitrogen and oxygen atoms in total. The van der Waals surface area contributed by atoms with Crippen molar-refractivity contribution in [3.63, 3.8) is 0 Å². The fraction of sp³-hybridized carbons (Fsp3) is 0.565. The van der Waals surface area contributed by atoms with E-state index in [-0.39, 0.29) is 6.04 Å². The van der Waals surface area contributed by atoms with Gasteiger partial charge in [-0.15, -0.1) is 0 Å². The van der Waals surface area contributed by atoms with E-state index in [0.717, 1.165) is 32.0 Å². The smallest absolute Gasteiger partial charge is 0.226 e. The van der Waals surface area contributed by atoms with Crippen molar-refractivity contribution in [3.8, 4) is 0 Å². The van der Waals surface area contributed by atoms with Crippen molar-refractivity contribution in [3.05, 3.63) is 54.1 Å². The first-order valence-corrected chi connectivity index (χ1v) is 10.8. The van der Waals surface area contributed by atoms with Crippen LogP contribution >= 0.6 is 0 Å². The number of hydrogen-bond donors (Lipinski definition) is 0.